The van der Waals surface area contributed by atoms with E-state index in [0.29, 0.717) is 18.1 Å². The van der Waals surface area contributed by atoms with E-state index in [4.69, 9.17) is 0 Å². The molecule has 0 spiro atoms. The van der Waals surface area contributed by atoms with Crippen molar-refractivity contribution in [1.82, 2.24) is 0 Å². The van der Waals surface area contributed by atoms with Crippen LogP contribution in [-0.4, -0.2) is 5.78 Å². The van der Waals surface area contributed by atoms with Crippen LogP contribution in [0.5, 0.6) is 0 Å². The number of ketones is 1. The van der Waals surface area contributed by atoms with Crippen LogP contribution < -0.4 is 0 Å². The van der Waals surface area contributed by atoms with Crippen LogP contribution in [0.15, 0.2) is 0 Å². The Balaban J connectivity index is 2.13. The summed E-state index contributed by atoms with van der Waals surface area (Å²) in [4.78, 5) is 11.2. The van der Waals surface area contributed by atoms with E-state index in [-0.39, 0.29) is 0 Å². The Kier molecular flexibility index (Phi) is 3.16. The first-order valence-corrected chi connectivity index (χ1v) is 4.27. The highest BCUT2D eigenvalue weighted by molar-refractivity contribution is 5.81. The third kappa shape index (κ3) is 2.38. The minimum Gasteiger partial charge on any atom is -0.299 e. The summed E-state index contributed by atoms with van der Waals surface area (Å²) in [5.74, 6) is 6.53. The van der Waals surface area contributed by atoms with Crippen LogP contribution in [0.3, 0.4) is 0 Å². The van der Waals surface area contributed by atoms with Crippen molar-refractivity contribution in [2.24, 2.45) is 5.92 Å². The zero-order chi connectivity index (χ0) is 8.10. The first-order chi connectivity index (χ1) is 5.34. The maximum atomic E-state index is 11.2. The Bertz CT molecular complexity index is 191. The van der Waals surface area contributed by atoms with Gasteiger partial charge in [-0.3, -0.25) is 4.79 Å². The topological polar surface area (TPSA) is 17.1 Å². The molecule has 1 fully saturated rings. The molecule has 0 aromatic rings. The van der Waals surface area contributed by atoms with Gasteiger partial charge < -0.3 is 0 Å². The predicted molar refractivity (Wildman–Crippen MR) is 45.0 cm³/mol. The van der Waals surface area contributed by atoms with Crippen LogP contribution in [0.25, 0.3) is 0 Å². The Morgan fingerprint density at radius 3 is 2.73 bits per heavy atom. The maximum Gasteiger partial charge on any atom is 0.136 e. The fourth-order valence-electron chi connectivity index (χ4n) is 1.25. The fourth-order valence-corrected chi connectivity index (χ4v) is 1.25. The largest absolute Gasteiger partial charge is 0.299 e. The van der Waals surface area contributed by atoms with Crippen molar-refractivity contribution in [3.63, 3.8) is 0 Å². The minimum absolute atomic E-state index is 0.397. The molecule has 0 radical (unpaired) electrons. The molecule has 0 aromatic heterocycles. The van der Waals surface area contributed by atoms with E-state index in [9.17, 15) is 4.79 Å². The molecule has 1 aliphatic rings. The van der Waals surface area contributed by atoms with Crippen molar-refractivity contribution in [3.05, 3.63) is 0 Å². The Hall–Kier alpha value is -0.770. The molecule has 0 heterocycles. The lowest BCUT2D eigenvalue weighted by molar-refractivity contribution is -0.125. The van der Waals surface area contributed by atoms with Gasteiger partial charge in [0.1, 0.15) is 5.78 Å². The predicted octanol–water partition coefficient (Wildman–Crippen LogP) is 2.16. The molecule has 0 saturated heterocycles. The summed E-state index contributed by atoms with van der Waals surface area (Å²) in [7, 11) is 0. The molecular formula is C10H14O. The molecule has 0 unspecified atom stereocenters. The van der Waals surface area contributed by atoms with E-state index in [2.05, 4.69) is 11.8 Å². The van der Waals surface area contributed by atoms with E-state index < -0.39 is 0 Å². The van der Waals surface area contributed by atoms with Crippen LogP contribution in [0.2, 0.25) is 0 Å². The molecule has 1 aliphatic carbocycles. The summed E-state index contributed by atoms with van der Waals surface area (Å²) in [6, 6.07) is 0. The average molecular weight is 150 g/mol. The van der Waals surface area contributed by atoms with Gasteiger partial charge in [-0.25, -0.2) is 0 Å². The summed E-state index contributed by atoms with van der Waals surface area (Å²) in [5, 5.41) is 0. The molecule has 1 heteroatoms. The number of carbonyl (C=O) groups is 1. The standard InChI is InChI=1S/C10H14O/c1-2-3-4-8-10(11)9-6-5-7-9/h9H,4-8H2,1H3. The lowest BCUT2D eigenvalue weighted by atomic mass is 9.81. The SMILES string of the molecule is CC#CCCC(=O)C1CCC1. The quantitative estimate of drug-likeness (QED) is 0.563. The second-order valence-electron chi connectivity index (χ2n) is 3.02. The number of Topliss-reactive ketones (excluding diaryl/α,β-unsaturated/α-hetero) is 1. The number of rotatable bonds is 3. The third-order valence-electron chi connectivity index (χ3n) is 2.23. The Morgan fingerprint density at radius 1 is 1.55 bits per heavy atom. The zero-order valence-corrected chi connectivity index (χ0v) is 7.02. The van der Waals surface area contributed by atoms with Crippen molar-refractivity contribution >= 4 is 5.78 Å². The number of hydrogen-bond donors (Lipinski definition) is 0. The molecule has 11 heavy (non-hydrogen) atoms. The highest BCUT2D eigenvalue weighted by Crippen LogP contribution is 2.28. The molecule has 0 aromatic carbocycles. The smallest absolute Gasteiger partial charge is 0.136 e. The fraction of sp³-hybridized carbons (Fsp3) is 0.700. The second-order valence-corrected chi connectivity index (χ2v) is 3.02. The summed E-state index contributed by atoms with van der Waals surface area (Å²) < 4.78 is 0. The Morgan fingerprint density at radius 2 is 2.27 bits per heavy atom. The van der Waals surface area contributed by atoms with Gasteiger partial charge in [0.25, 0.3) is 0 Å². The van der Waals surface area contributed by atoms with E-state index in [1.54, 1.807) is 0 Å². The monoisotopic (exact) mass is 150 g/mol. The molecule has 0 N–H and O–H groups in total. The van der Waals surface area contributed by atoms with Gasteiger partial charge in [-0.15, -0.1) is 11.8 Å². The minimum atomic E-state index is 0.397. The highest BCUT2D eigenvalue weighted by Gasteiger charge is 2.23. The van der Waals surface area contributed by atoms with Crippen molar-refractivity contribution < 1.29 is 4.79 Å². The van der Waals surface area contributed by atoms with Gasteiger partial charge >= 0.3 is 0 Å². The summed E-state index contributed by atoms with van der Waals surface area (Å²) in [5.41, 5.74) is 0. The van der Waals surface area contributed by atoms with Crippen molar-refractivity contribution in [2.45, 2.75) is 39.0 Å². The second kappa shape index (κ2) is 4.18. The first kappa shape index (κ1) is 8.33. The van der Waals surface area contributed by atoms with E-state index >= 15 is 0 Å². The lowest BCUT2D eigenvalue weighted by Crippen LogP contribution is -2.21. The molecule has 0 bridgehead atoms. The zero-order valence-electron chi connectivity index (χ0n) is 7.02. The highest BCUT2D eigenvalue weighted by atomic mass is 16.1. The van der Waals surface area contributed by atoms with E-state index in [0.717, 1.165) is 19.3 Å². The van der Waals surface area contributed by atoms with Gasteiger partial charge in [0.05, 0.1) is 0 Å². The average Bonchev–Trinajstić information content (AvgIpc) is 1.84. The summed E-state index contributed by atoms with van der Waals surface area (Å²) >= 11 is 0. The van der Waals surface area contributed by atoms with Crippen LogP contribution >= 0.6 is 0 Å². The van der Waals surface area contributed by atoms with Crippen molar-refractivity contribution in [1.29, 1.82) is 0 Å². The van der Waals surface area contributed by atoms with E-state index in [1.807, 2.05) is 6.92 Å². The van der Waals surface area contributed by atoms with Crippen LogP contribution in [0.1, 0.15) is 39.0 Å². The molecule has 60 valence electrons. The van der Waals surface area contributed by atoms with Gasteiger partial charge in [-0.1, -0.05) is 6.42 Å². The molecular weight excluding hydrogens is 136 g/mol. The van der Waals surface area contributed by atoms with Gasteiger partial charge in [0, 0.05) is 18.8 Å². The van der Waals surface area contributed by atoms with Crippen molar-refractivity contribution in [2.75, 3.05) is 0 Å². The molecule has 1 rings (SSSR count). The summed E-state index contributed by atoms with van der Waals surface area (Å²) in [6.07, 6.45) is 4.92. The van der Waals surface area contributed by atoms with Crippen LogP contribution in [-0.2, 0) is 4.79 Å². The van der Waals surface area contributed by atoms with Crippen LogP contribution in [0, 0.1) is 17.8 Å². The van der Waals surface area contributed by atoms with Gasteiger partial charge in [-0.2, -0.15) is 0 Å². The molecule has 0 aliphatic heterocycles. The molecule has 0 amide bonds. The Labute approximate surface area is 68.2 Å². The summed E-state index contributed by atoms with van der Waals surface area (Å²) in [6.45, 7) is 1.81. The number of carbonyl (C=O) groups excluding carboxylic acids is 1. The number of hydrogen-bond acceptors (Lipinski definition) is 1. The molecule has 1 saturated carbocycles. The van der Waals surface area contributed by atoms with Gasteiger partial charge in [-0.05, 0) is 19.8 Å². The van der Waals surface area contributed by atoms with Gasteiger partial charge in [0.2, 0.25) is 0 Å². The third-order valence-corrected chi connectivity index (χ3v) is 2.23. The van der Waals surface area contributed by atoms with Gasteiger partial charge in [0.15, 0.2) is 0 Å². The normalized spacial score (nSPS) is 16.5. The van der Waals surface area contributed by atoms with Crippen LogP contribution in [0.4, 0.5) is 0 Å². The molecule has 1 nitrogen and oxygen atoms in total. The van der Waals surface area contributed by atoms with E-state index in [1.165, 1.54) is 6.42 Å². The lowest BCUT2D eigenvalue weighted by Gasteiger charge is -2.23. The maximum absolute atomic E-state index is 11.2. The first-order valence-electron chi connectivity index (χ1n) is 4.27. The molecule has 0 atom stereocenters. The van der Waals surface area contributed by atoms with Crippen molar-refractivity contribution in [3.8, 4) is 11.8 Å².